The number of ether oxygens (including phenoxy) is 1. The highest BCUT2D eigenvalue weighted by Gasteiger charge is 2.04. The molecule has 1 aromatic rings. The molecule has 1 atom stereocenters. The van der Waals surface area contributed by atoms with Crippen molar-refractivity contribution < 1.29 is 9.84 Å². The molecule has 1 aromatic carbocycles. The largest absolute Gasteiger partial charge is 0.493 e. The summed E-state index contributed by atoms with van der Waals surface area (Å²) in [4.78, 5) is 0. The van der Waals surface area contributed by atoms with Gasteiger partial charge in [0, 0.05) is 12.6 Å². The summed E-state index contributed by atoms with van der Waals surface area (Å²) in [6.07, 6.45) is 0. The van der Waals surface area contributed by atoms with E-state index in [1.54, 1.807) is 0 Å². The molecule has 0 aliphatic carbocycles. The predicted octanol–water partition coefficient (Wildman–Crippen LogP) is 2.36. The lowest BCUT2D eigenvalue weighted by atomic mass is 10.1. The maximum absolute atomic E-state index is 8.75. The number of hydrogen-bond donors (Lipinski definition) is 2. The van der Waals surface area contributed by atoms with Gasteiger partial charge in [0.1, 0.15) is 5.75 Å². The number of rotatable bonds is 7. The lowest BCUT2D eigenvalue weighted by molar-refractivity contribution is 0.271. The van der Waals surface area contributed by atoms with Crippen molar-refractivity contribution in [2.24, 2.45) is 5.92 Å². The molecule has 1 rings (SSSR count). The summed E-state index contributed by atoms with van der Waals surface area (Å²) in [5.74, 6) is 1.46. The molecule has 0 aromatic heterocycles. The first-order chi connectivity index (χ1) is 8.13. The Morgan fingerprint density at radius 3 is 2.35 bits per heavy atom. The van der Waals surface area contributed by atoms with Crippen LogP contribution >= 0.6 is 0 Å². The summed E-state index contributed by atoms with van der Waals surface area (Å²) in [7, 11) is 0. The summed E-state index contributed by atoms with van der Waals surface area (Å²) in [5.41, 5.74) is 1.20. The van der Waals surface area contributed by atoms with E-state index in [0.717, 1.165) is 12.4 Å². The van der Waals surface area contributed by atoms with Crippen molar-refractivity contribution in [3.05, 3.63) is 29.8 Å². The number of benzene rings is 1. The molecule has 3 heteroatoms. The molecular formula is C14H23NO2. The molecule has 0 saturated carbocycles. The Morgan fingerprint density at radius 1 is 1.18 bits per heavy atom. The second kappa shape index (κ2) is 7.30. The Labute approximate surface area is 104 Å². The van der Waals surface area contributed by atoms with Gasteiger partial charge in [-0.05, 0) is 30.5 Å². The maximum Gasteiger partial charge on any atom is 0.119 e. The average molecular weight is 237 g/mol. The van der Waals surface area contributed by atoms with Crippen molar-refractivity contribution in [3.8, 4) is 5.75 Å². The summed E-state index contributed by atoms with van der Waals surface area (Å²) in [6, 6.07) is 8.36. The molecule has 96 valence electrons. The molecule has 0 saturated heterocycles. The van der Waals surface area contributed by atoms with E-state index in [1.807, 2.05) is 12.1 Å². The normalized spacial score (nSPS) is 12.8. The molecule has 1 unspecified atom stereocenters. The fourth-order valence-electron chi connectivity index (χ4n) is 1.51. The third kappa shape index (κ3) is 5.20. The minimum atomic E-state index is 0.167. The van der Waals surface area contributed by atoms with Gasteiger partial charge in [0.2, 0.25) is 0 Å². The second-order valence-corrected chi connectivity index (χ2v) is 4.67. The fourth-order valence-corrected chi connectivity index (χ4v) is 1.51. The van der Waals surface area contributed by atoms with Gasteiger partial charge in [-0.1, -0.05) is 26.0 Å². The first-order valence-corrected chi connectivity index (χ1v) is 6.20. The van der Waals surface area contributed by atoms with Crippen LogP contribution in [-0.2, 0) is 0 Å². The first-order valence-electron chi connectivity index (χ1n) is 6.20. The average Bonchev–Trinajstić information content (AvgIpc) is 2.34. The van der Waals surface area contributed by atoms with E-state index in [-0.39, 0.29) is 12.6 Å². The van der Waals surface area contributed by atoms with E-state index in [4.69, 9.17) is 9.84 Å². The zero-order valence-corrected chi connectivity index (χ0v) is 10.9. The topological polar surface area (TPSA) is 41.5 Å². The molecular weight excluding hydrogens is 214 g/mol. The Bertz CT molecular complexity index is 309. The molecule has 0 amide bonds. The van der Waals surface area contributed by atoms with Crippen LogP contribution in [0.1, 0.15) is 32.4 Å². The van der Waals surface area contributed by atoms with Crippen LogP contribution in [0.15, 0.2) is 24.3 Å². The van der Waals surface area contributed by atoms with Crippen molar-refractivity contribution in [3.63, 3.8) is 0 Å². The van der Waals surface area contributed by atoms with Gasteiger partial charge in [0.25, 0.3) is 0 Å². The minimum absolute atomic E-state index is 0.167. The van der Waals surface area contributed by atoms with Gasteiger partial charge >= 0.3 is 0 Å². The van der Waals surface area contributed by atoms with Gasteiger partial charge in [-0.15, -0.1) is 0 Å². The molecule has 0 fully saturated rings. The molecule has 2 N–H and O–H groups in total. The van der Waals surface area contributed by atoms with Crippen LogP contribution in [-0.4, -0.2) is 24.9 Å². The van der Waals surface area contributed by atoms with Crippen LogP contribution in [0.5, 0.6) is 5.75 Å². The van der Waals surface area contributed by atoms with Gasteiger partial charge in [0.05, 0.1) is 13.2 Å². The van der Waals surface area contributed by atoms with Gasteiger partial charge in [0.15, 0.2) is 0 Å². The number of aliphatic hydroxyl groups excluding tert-OH is 1. The van der Waals surface area contributed by atoms with E-state index >= 15 is 0 Å². The van der Waals surface area contributed by atoms with Crippen molar-refractivity contribution in [2.75, 3.05) is 19.8 Å². The van der Waals surface area contributed by atoms with Crippen LogP contribution in [0.3, 0.4) is 0 Å². The predicted molar refractivity (Wildman–Crippen MR) is 70.3 cm³/mol. The van der Waals surface area contributed by atoms with E-state index in [2.05, 4.69) is 38.2 Å². The van der Waals surface area contributed by atoms with E-state index < -0.39 is 0 Å². The third-order valence-electron chi connectivity index (χ3n) is 2.53. The maximum atomic E-state index is 8.75. The Hall–Kier alpha value is -1.06. The van der Waals surface area contributed by atoms with Crippen molar-refractivity contribution in [1.29, 1.82) is 0 Å². The lowest BCUT2D eigenvalue weighted by Crippen LogP contribution is -2.21. The zero-order chi connectivity index (χ0) is 12.7. The van der Waals surface area contributed by atoms with Crippen LogP contribution < -0.4 is 10.1 Å². The molecule has 3 nitrogen and oxygen atoms in total. The summed E-state index contributed by atoms with van der Waals surface area (Å²) >= 11 is 0. The molecule has 17 heavy (non-hydrogen) atoms. The summed E-state index contributed by atoms with van der Waals surface area (Å²) < 4.78 is 5.62. The van der Waals surface area contributed by atoms with Crippen LogP contribution in [0.4, 0.5) is 0 Å². The third-order valence-corrected chi connectivity index (χ3v) is 2.53. The van der Waals surface area contributed by atoms with E-state index in [1.165, 1.54) is 5.56 Å². The lowest BCUT2D eigenvalue weighted by Gasteiger charge is -2.14. The highest BCUT2D eigenvalue weighted by molar-refractivity contribution is 5.28. The van der Waals surface area contributed by atoms with E-state index in [9.17, 15) is 0 Å². The Kier molecular flexibility index (Phi) is 6.01. The highest BCUT2D eigenvalue weighted by Crippen LogP contribution is 2.17. The first kappa shape index (κ1) is 14.0. The number of hydrogen-bond acceptors (Lipinski definition) is 3. The molecule has 0 spiro atoms. The van der Waals surface area contributed by atoms with Gasteiger partial charge in [-0.2, -0.15) is 0 Å². The SMILES string of the molecule is CC(C)COc1ccc(C(C)NCCO)cc1. The quantitative estimate of drug-likeness (QED) is 0.765. The van der Waals surface area contributed by atoms with Crippen molar-refractivity contribution in [1.82, 2.24) is 5.32 Å². The van der Waals surface area contributed by atoms with Crippen LogP contribution in [0.2, 0.25) is 0 Å². The molecule has 0 radical (unpaired) electrons. The number of nitrogens with one attached hydrogen (secondary N) is 1. The summed E-state index contributed by atoms with van der Waals surface area (Å²) in [5, 5.41) is 12.0. The molecule has 0 aliphatic rings. The monoisotopic (exact) mass is 237 g/mol. The zero-order valence-electron chi connectivity index (χ0n) is 10.9. The van der Waals surface area contributed by atoms with Gasteiger partial charge in [-0.25, -0.2) is 0 Å². The second-order valence-electron chi connectivity index (χ2n) is 4.67. The van der Waals surface area contributed by atoms with Gasteiger partial charge < -0.3 is 15.2 Å². The fraction of sp³-hybridized carbons (Fsp3) is 0.571. The Balaban J connectivity index is 2.49. The number of aliphatic hydroxyl groups is 1. The highest BCUT2D eigenvalue weighted by atomic mass is 16.5. The van der Waals surface area contributed by atoms with Crippen LogP contribution in [0.25, 0.3) is 0 Å². The standard InChI is InChI=1S/C14H23NO2/c1-11(2)10-17-14-6-4-13(5-7-14)12(3)15-8-9-16/h4-7,11-12,15-16H,8-10H2,1-3H3. The molecule has 0 bridgehead atoms. The van der Waals surface area contributed by atoms with Crippen molar-refractivity contribution >= 4 is 0 Å². The molecule has 0 aliphatic heterocycles. The van der Waals surface area contributed by atoms with Crippen molar-refractivity contribution in [2.45, 2.75) is 26.8 Å². The smallest absolute Gasteiger partial charge is 0.119 e. The minimum Gasteiger partial charge on any atom is -0.493 e. The summed E-state index contributed by atoms with van der Waals surface area (Å²) in [6.45, 7) is 7.88. The van der Waals surface area contributed by atoms with Crippen LogP contribution in [0, 0.1) is 5.92 Å². The van der Waals surface area contributed by atoms with Gasteiger partial charge in [-0.3, -0.25) is 0 Å². The molecule has 0 heterocycles. The Morgan fingerprint density at radius 2 is 1.82 bits per heavy atom. The van der Waals surface area contributed by atoms with E-state index in [0.29, 0.717) is 12.5 Å².